The molecule has 0 aromatic heterocycles. The number of rotatable bonds is 4. The van der Waals surface area contributed by atoms with Crippen LogP contribution >= 0.6 is 0 Å². The summed E-state index contributed by atoms with van der Waals surface area (Å²) in [4.78, 5) is 0. The van der Waals surface area contributed by atoms with Crippen molar-refractivity contribution in [2.24, 2.45) is 41.4 Å². The molecule has 130 valence electrons. The lowest BCUT2D eigenvalue weighted by Gasteiger charge is -2.53. The third kappa shape index (κ3) is 3.99. The number of hydrogen-bond acceptors (Lipinski definition) is 1. The van der Waals surface area contributed by atoms with Crippen LogP contribution in [0.5, 0.6) is 0 Å². The van der Waals surface area contributed by atoms with Crippen LogP contribution in [-0.4, -0.2) is 11.7 Å². The Morgan fingerprint density at radius 3 is 2.39 bits per heavy atom. The fraction of sp³-hybridized carbons (Fsp3) is 0.727. The van der Waals surface area contributed by atoms with Gasteiger partial charge >= 0.3 is 0 Å². The molecule has 0 radical (unpaired) electrons. The number of hydrogen-bond donors (Lipinski definition) is 1. The van der Waals surface area contributed by atoms with Gasteiger partial charge in [-0.05, 0) is 61.7 Å². The minimum Gasteiger partial charge on any atom is -0.392 e. The first kappa shape index (κ1) is 18.5. The van der Waals surface area contributed by atoms with Gasteiger partial charge in [-0.25, -0.2) is 0 Å². The van der Waals surface area contributed by atoms with Crippen molar-refractivity contribution >= 4 is 0 Å². The van der Waals surface area contributed by atoms with Gasteiger partial charge in [-0.2, -0.15) is 0 Å². The van der Waals surface area contributed by atoms with E-state index in [4.69, 9.17) is 5.11 Å². The predicted molar refractivity (Wildman–Crippen MR) is 100 cm³/mol. The molecule has 0 aromatic carbocycles. The van der Waals surface area contributed by atoms with Crippen LogP contribution in [0, 0.1) is 41.4 Å². The highest BCUT2D eigenvalue weighted by Crippen LogP contribution is 2.54. The quantitative estimate of drug-likeness (QED) is 0.526. The van der Waals surface area contributed by atoms with Crippen LogP contribution in [0.3, 0.4) is 0 Å². The Hall–Kier alpha value is -0.820. The van der Waals surface area contributed by atoms with E-state index in [2.05, 4.69) is 52.8 Å². The molecule has 0 amide bonds. The molecule has 0 bridgehead atoms. The van der Waals surface area contributed by atoms with Gasteiger partial charge < -0.3 is 5.11 Å². The second-order valence-corrected chi connectivity index (χ2v) is 8.12. The summed E-state index contributed by atoms with van der Waals surface area (Å²) in [5.74, 6) is 5.46. The Kier molecular flexibility index (Phi) is 6.71. The lowest BCUT2D eigenvalue weighted by molar-refractivity contribution is -0.00973. The molecular weight excluding hydrogens is 280 g/mol. The molecule has 2 aliphatic carbocycles. The first-order valence-corrected chi connectivity index (χ1v) is 9.58. The SMILES string of the molecule is C/C=C(/C)C1[C@@H](/C=C/C=C/CO)[C@H]2[C@@H](C[C@@H]1C)[C@@H](C)CC[C@@H]2C. The van der Waals surface area contributed by atoms with Crippen LogP contribution in [0.2, 0.25) is 0 Å². The minimum atomic E-state index is 0.127. The Morgan fingerprint density at radius 2 is 1.74 bits per heavy atom. The third-order valence-corrected chi connectivity index (χ3v) is 6.74. The molecule has 0 saturated heterocycles. The summed E-state index contributed by atoms with van der Waals surface area (Å²) in [6.07, 6.45) is 15.0. The Morgan fingerprint density at radius 1 is 1.04 bits per heavy atom. The van der Waals surface area contributed by atoms with Gasteiger partial charge in [-0.15, -0.1) is 0 Å². The Labute approximate surface area is 143 Å². The number of aliphatic hydroxyl groups is 1. The fourth-order valence-electron chi connectivity index (χ4n) is 5.51. The van der Waals surface area contributed by atoms with E-state index in [9.17, 15) is 0 Å². The molecule has 7 atom stereocenters. The van der Waals surface area contributed by atoms with Gasteiger partial charge in [0.05, 0.1) is 6.61 Å². The van der Waals surface area contributed by atoms with Crippen molar-refractivity contribution in [2.75, 3.05) is 6.61 Å². The summed E-state index contributed by atoms with van der Waals surface area (Å²) in [5, 5.41) is 8.96. The van der Waals surface area contributed by atoms with Crippen LogP contribution < -0.4 is 0 Å². The molecule has 1 nitrogen and oxygen atoms in total. The normalized spacial score (nSPS) is 42.3. The first-order chi connectivity index (χ1) is 11.0. The highest BCUT2D eigenvalue weighted by atomic mass is 16.2. The Bertz CT molecular complexity index is 459. The van der Waals surface area contributed by atoms with Gasteiger partial charge in [0.1, 0.15) is 0 Å². The average molecular weight is 317 g/mol. The van der Waals surface area contributed by atoms with E-state index in [1.807, 2.05) is 12.2 Å². The summed E-state index contributed by atoms with van der Waals surface area (Å²) in [7, 11) is 0. The molecule has 23 heavy (non-hydrogen) atoms. The molecule has 2 rings (SSSR count). The molecule has 2 saturated carbocycles. The highest BCUT2D eigenvalue weighted by Gasteiger charge is 2.47. The summed E-state index contributed by atoms with van der Waals surface area (Å²) < 4.78 is 0. The zero-order chi connectivity index (χ0) is 17.0. The van der Waals surface area contributed by atoms with Gasteiger partial charge in [0, 0.05) is 0 Å². The van der Waals surface area contributed by atoms with E-state index in [0.29, 0.717) is 11.8 Å². The summed E-state index contributed by atoms with van der Waals surface area (Å²) in [6.45, 7) is 12.1. The number of aliphatic hydroxyl groups excluding tert-OH is 1. The molecule has 0 heterocycles. The van der Waals surface area contributed by atoms with Crippen LogP contribution in [0.25, 0.3) is 0 Å². The molecule has 1 N–H and O–H groups in total. The van der Waals surface area contributed by atoms with Gasteiger partial charge in [0.25, 0.3) is 0 Å². The van der Waals surface area contributed by atoms with E-state index >= 15 is 0 Å². The zero-order valence-electron chi connectivity index (χ0n) is 15.7. The van der Waals surface area contributed by atoms with Crippen molar-refractivity contribution in [2.45, 2.75) is 53.9 Å². The molecule has 1 unspecified atom stereocenters. The maximum Gasteiger partial charge on any atom is 0.0615 e. The van der Waals surface area contributed by atoms with E-state index < -0.39 is 0 Å². The highest BCUT2D eigenvalue weighted by molar-refractivity contribution is 5.17. The molecule has 0 spiro atoms. The lowest BCUT2D eigenvalue weighted by Crippen LogP contribution is -2.46. The maximum absolute atomic E-state index is 8.96. The third-order valence-electron chi connectivity index (χ3n) is 6.74. The van der Waals surface area contributed by atoms with Crippen molar-refractivity contribution in [1.29, 1.82) is 0 Å². The second kappa shape index (κ2) is 8.33. The smallest absolute Gasteiger partial charge is 0.0615 e. The largest absolute Gasteiger partial charge is 0.392 e. The minimum absolute atomic E-state index is 0.127. The number of allylic oxidation sites excluding steroid dienone is 5. The van der Waals surface area contributed by atoms with Crippen molar-refractivity contribution in [3.05, 3.63) is 36.0 Å². The molecular formula is C22H36O. The molecule has 0 aliphatic heterocycles. The van der Waals surface area contributed by atoms with E-state index in [0.717, 1.165) is 29.6 Å². The molecule has 2 fully saturated rings. The van der Waals surface area contributed by atoms with Crippen molar-refractivity contribution < 1.29 is 5.11 Å². The second-order valence-electron chi connectivity index (χ2n) is 8.12. The molecule has 1 heteroatoms. The standard InChI is InChI=1S/C22H36O/c1-6-15(2)21-18(5)14-20-16(3)11-12-17(4)22(20)19(21)10-8-7-9-13-23/h6-10,16-23H,11-14H2,1-5H3/b9-7+,10-8+,15-6-/t16-,17-,18-,19+,20-,21?,22-/m0/s1. The van der Waals surface area contributed by atoms with Crippen LogP contribution in [-0.2, 0) is 0 Å². The number of fused-ring (bicyclic) bond motifs is 1. The van der Waals surface area contributed by atoms with Gasteiger partial charge in [-0.1, -0.05) is 69.6 Å². The van der Waals surface area contributed by atoms with E-state index in [1.165, 1.54) is 19.3 Å². The molecule has 0 aromatic rings. The topological polar surface area (TPSA) is 20.2 Å². The van der Waals surface area contributed by atoms with Crippen LogP contribution in [0.1, 0.15) is 53.9 Å². The van der Waals surface area contributed by atoms with E-state index in [1.54, 1.807) is 5.57 Å². The lowest BCUT2D eigenvalue weighted by atomic mass is 9.52. The summed E-state index contributed by atoms with van der Waals surface area (Å²) in [6, 6.07) is 0. The van der Waals surface area contributed by atoms with Crippen LogP contribution in [0.4, 0.5) is 0 Å². The maximum atomic E-state index is 8.96. The van der Waals surface area contributed by atoms with Crippen molar-refractivity contribution in [3.63, 3.8) is 0 Å². The van der Waals surface area contributed by atoms with Crippen molar-refractivity contribution in [1.82, 2.24) is 0 Å². The first-order valence-electron chi connectivity index (χ1n) is 9.58. The fourth-order valence-corrected chi connectivity index (χ4v) is 5.51. The Balaban J connectivity index is 2.35. The van der Waals surface area contributed by atoms with Gasteiger partial charge in [-0.3, -0.25) is 0 Å². The molecule has 2 aliphatic rings. The van der Waals surface area contributed by atoms with Gasteiger partial charge in [0.2, 0.25) is 0 Å². The predicted octanol–water partition coefficient (Wildman–Crippen LogP) is 5.63. The average Bonchev–Trinajstić information content (AvgIpc) is 2.54. The zero-order valence-corrected chi connectivity index (χ0v) is 15.7. The van der Waals surface area contributed by atoms with Crippen LogP contribution in [0.15, 0.2) is 36.0 Å². The summed E-state index contributed by atoms with van der Waals surface area (Å²) >= 11 is 0. The van der Waals surface area contributed by atoms with E-state index in [-0.39, 0.29) is 6.61 Å². The van der Waals surface area contributed by atoms with Gasteiger partial charge in [0.15, 0.2) is 0 Å². The monoisotopic (exact) mass is 316 g/mol. The van der Waals surface area contributed by atoms with Crippen molar-refractivity contribution in [3.8, 4) is 0 Å². The summed E-state index contributed by atoms with van der Waals surface area (Å²) in [5.41, 5.74) is 1.56.